The molecule has 0 radical (unpaired) electrons. The van der Waals surface area contributed by atoms with Gasteiger partial charge in [-0.1, -0.05) is 12.0 Å². The van der Waals surface area contributed by atoms with Crippen LogP contribution >= 0.6 is 0 Å². The fourth-order valence-corrected chi connectivity index (χ4v) is 2.88. The summed E-state index contributed by atoms with van der Waals surface area (Å²) in [5.41, 5.74) is 0.963. The monoisotopic (exact) mass is 347 g/mol. The van der Waals surface area contributed by atoms with Crippen molar-refractivity contribution >= 4 is 15.9 Å². The number of rotatable bonds is 6. The lowest BCUT2D eigenvalue weighted by Crippen LogP contribution is -2.26. The minimum absolute atomic E-state index is 0.0341. The van der Waals surface area contributed by atoms with Crippen molar-refractivity contribution in [2.24, 2.45) is 0 Å². The second kappa shape index (κ2) is 7.29. The molecule has 126 valence electrons. The van der Waals surface area contributed by atoms with Crippen LogP contribution in [0.4, 0.5) is 0 Å². The molecule has 2 N–H and O–H groups in total. The molecule has 0 bridgehead atoms. The van der Waals surface area contributed by atoms with E-state index in [1.54, 1.807) is 6.92 Å². The van der Waals surface area contributed by atoms with Crippen molar-refractivity contribution in [3.63, 3.8) is 0 Å². The second-order valence-corrected chi connectivity index (χ2v) is 6.76. The van der Waals surface area contributed by atoms with Crippen LogP contribution in [-0.2, 0) is 16.6 Å². The predicted octanol–water partition coefficient (Wildman–Crippen LogP) is 1.13. The van der Waals surface area contributed by atoms with E-state index in [-0.39, 0.29) is 23.5 Å². The summed E-state index contributed by atoms with van der Waals surface area (Å²) < 4.78 is 31.7. The Morgan fingerprint density at radius 3 is 2.75 bits per heavy atom. The smallest absolute Gasteiger partial charge is 0.251 e. The fourth-order valence-electron chi connectivity index (χ4n) is 1.90. The van der Waals surface area contributed by atoms with E-state index >= 15 is 0 Å². The summed E-state index contributed by atoms with van der Waals surface area (Å²) in [6.45, 7) is 3.58. The number of hydrogen-bond donors (Lipinski definition) is 2. The van der Waals surface area contributed by atoms with Crippen molar-refractivity contribution < 1.29 is 17.6 Å². The summed E-state index contributed by atoms with van der Waals surface area (Å²) in [7, 11) is -3.75. The highest BCUT2D eigenvalue weighted by atomic mass is 32.2. The summed E-state index contributed by atoms with van der Waals surface area (Å²) in [5, 5.41) is 2.63. The lowest BCUT2D eigenvalue weighted by molar-refractivity contribution is 0.0947. The standard InChI is InChI=1S/C16H17N3O4S/c1-4-8-18-24(21,22)14-7-5-6-13(9-14)16(20)17-10-15-19-11(2)12(3)23-15/h1,5-7,9,18H,8,10H2,2-3H3,(H,17,20). The van der Waals surface area contributed by atoms with Crippen molar-refractivity contribution in [1.29, 1.82) is 0 Å². The van der Waals surface area contributed by atoms with Gasteiger partial charge in [0.05, 0.1) is 23.7 Å². The zero-order chi connectivity index (χ0) is 17.7. The van der Waals surface area contributed by atoms with E-state index in [2.05, 4.69) is 20.9 Å². The maximum Gasteiger partial charge on any atom is 0.251 e. The van der Waals surface area contributed by atoms with Gasteiger partial charge in [-0.05, 0) is 32.0 Å². The molecular formula is C16H17N3O4S. The SMILES string of the molecule is C#CCNS(=O)(=O)c1cccc(C(=O)NCc2nc(C)c(C)o2)c1. The van der Waals surface area contributed by atoms with E-state index in [0.29, 0.717) is 11.7 Å². The molecule has 0 aliphatic heterocycles. The molecule has 1 amide bonds. The third-order valence-corrected chi connectivity index (χ3v) is 4.64. The first-order valence-electron chi connectivity index (χ1n) is 7.08. The number of aryl methyl sites for hydroxylation is 2. The predicted molar refractivity (Wildman–Crippen MR) is 87.6 cm³/mol. The Kier molecular flexibility index (Phi) is 5.39. The topological polar surface area (TPSA) is 101 Å². The summed E-state index contributed by atoms with van der Waals surface area (Å²) in [5.74, 6) is 2.83. The molecule has 7 nitrogen and oxygen atoms in total. The van der Waals surface area contributed by atoms with Crippen LogP contribution in [0, 0.1) is 26.2 Å². The largest absolute Gasteiger partial charge is 0.444 e. The Balaban J connectivity index is 2.10. The van der Waals surface area contributed by atoms with Gasteiger partial charge >= 0.3 is 0 Å². The van der Waals surface area contributed by atoms with E-state index in [1.807, 2.05) is 6.92 Å². The molecule has 0 unspecified atom stereocenters. The summed E-state index contributed by atoms with van der Waals surface area (Å²) in [4.78, 5) is 16.3. The number of oxazole rings is 1. The van der Waals surface area contributed by atoms with Gasteiger partial charge in [-0.2, -0.15) is 4.72 Å². The van der Waals surface area contributed by atoms with Crippen molar-refractivity contribution in [2.75, 3.05) is 6.54 Å². The van der Waals surface area contributed by atoms with Crippen LogP contribution in [0.5, 0.6) is 0 Å². The number of aromatic nitrogens is 1. The summed E-state index contributed by atoms with van der Waals surface area (Å²) in [6, 6.07) is 5.66. The van der Waals surface area contributed by atoms with Crippen LogP contribution in [0.3, 0.4) is 0 Å². The van der Waals surface area contributed by atoms with Gasteiger partial charge in [0.25, 0.3) is 5.91 Å². The third kappa shape index (κ3) is 4.22. The van der Waals surface area contributed by atoms with E-state index in [4.69, 9.17) is 10.8 Å². The zero-order valence-corrected chi connectivity index (χ0v) is 14.1. The highest BCUT2D eigenvalue weighted by molar-refractivity contribution is 7.89. The average molecular weight is 347 g/mol. The van der Waals surface area contributed by atoms with Crippen LogP contribution in [0.2, 0.25) is 0 Å². The molecule has 2 rings (SSSR count). The molecule has 0 saturated heterocycles. The fraction of sp³-hybridized carbons (Fsp3) is 0.250. The Morgan fingerprint density at radius 1 is 1.38 bits per heavy atom. The molecule has 8 heteroatoms. The van der Waals surface area contributed by atoms with Crippen molar-refractivity contribution in [1.82, 2.24) is 15.0 Å². The molecule has 0 fully saturated rings. The van der Waals surface area contributed by atoms with Gasteiger partial charge in [0.1, 0.15) is 5.76 Å². The molecule has 1 heterocycles. The zero-order valence-electron chi connectivity index (χ0n) is 13.3. The third-order valence-electron chi connectivity index (χ3n) is 3.24. The van der Waals surface area contributed by atoms with Crippen molar-refractivity contribution in [3.8, 4) is 12.3 Å². The van der Waals surface area contributed by atoms with Crippen LogP contribution in [0.15, 0.2) is 33.6 Å². The van der Waals surface area contributed by atoms with Crippen molar-refractivity contribution in [2.45, 2.75) is 25.3 Å². The Labute approximate surface area is 140 Å². The molecule has 0 aliphatic carbocycles. The number of nitrogens with one attached hydrogen (secondary N) is 2. The first kappa shape index (κ1) is 17.7. The minimum atomic E-state index is -3.75. The molecular weight excluding hydrogens is 330 g/mol. The van der Waals surface area contributed by atoms with Crippen LogP contribution in [0.25, 0.3) is 0 Å². The first-order chi connectivity index (χ1) is 11.3. The van der Waals surface area contributed by atoms with Crippen LogP contribution in [0.1, 0.15) is 27.7 Å². The normalized spacial score (nSPS) is 11.0. The lowest BCUT2D eigenvalue weighted by atomic mass is 10.2. The Hall–Kier alpha value is -2.63. The van der Waals surface area contributed by atoms with Gasteiger partial charge in [-0.3, -0.25) is 4.79 Å². The maximum atomic E-state index is 12.2. The van der Waals surface area contributed by atoms with Crippen molar-refractivity contribution in [3.05, 3.63) is 47.2 Å². The molecule has 0 aliphatic rings. The number of terminal acetylenes is 1. The number of carbonyl (C=O) groups excluding carboxylic acids is 1. The van der Waals surface area contributed by atoms with Gasteiger partial charge in [-0.15, -0.1) is 6.42 Å². The van der Waals surface area contributed by atoms with Gasteiger partial charge in [0, 0.05) is 5.56 Å². The minimum Gasteiger partial charge on any atom is -0.444 e. The number of amides is 1. The molecule has 24 heavy (non-hydrogen) atoms. The Bertz CT molecular complexity index is 875. The first-order valence-corrected chi connectivity index (χ1v) is 8.56. The quantitative estimate of drug-likeness (QED) is 0.763. The van der Waals surface area contributed by atoms with Crippen LogP contribution < -0.4 is 10.0 Å². The molecule has 2 aromatic rings. The summed E-state index contributed by atoms with van der Waals surface area (Å²) in [6.07, 6.45) is 5.04. The summed E-state index contributed by atoms with van der Waals surface area (Å²) >= 11 is 0. The van der Waals surface area contributed by atoms with E-state index in [0.717, 1.165) is 5.69 Å². The van der Waals surface area contributed by atoms with Gasteiger partial charge in [-0.25, -0.2) is 13.4 Å². The number of carbonyl (C=O) groups is 1. The maximum absolute atomic E-state index is 12.2. The molecule has 1 aromatic heterocycles. The molecule has 1 aromatic carbocycles. The number of benzene rings is 1. The number of hydrogen-bond acceptors (Lipinski definition) is 5. The van der Waals surface area contributed by atoms with Crippen LogP contribution in [-0.4, -0.2) is 25.9 Å². The lowest BCUT2D eigenvalue weighted by Gasteiger charge is -2.07. The van der Waals surface area contributed by atoms with E-state index in [1.165, 1.54) is 24.3 Å². The number of nitrogens with zero attached hydrogens (tertiary/aromatic N) is 1. The van der Waals surface area contributed by atoms with Gasteiger partial charge < -0.3 is 9.73 Å². The van der Waals surface area contributed by atoms with E-state index < -0.39 is 15.9 Å². The highest BCUT2D eigenvalue weighted by Gasteiger charge is 2.16. The average Bonchev–Trinajstić information content (AvgIpc) is 2.89. The van der Waals surface area contributed by atoms with Gasteiger partial charge in [0.15, 0.2) is 0 Å². The molecule has 0 atom stereocenters. The molecule has 0 spiro atoms. The molecule has 0 saturated carbocycles. The number of sulfonamides is 1. The second-order valence-electron chi connectivity index (χ2n) is 4.99. The van der Waals surface area contributed by atoms with E-state index in [9.17, 15) is 13.2 Å². The van der Waals surface area contributed by atoms with Gasteiger partial charge in [0.2, 0.25) is 15.9 Å². The Morgan fingerprint density at radius 2 is 2.12 bits per heavy atom. The highest BCUT2D eigenvalue weighted by Crippen LogP contribution is 2.12.